The van der Waals surface area contributed by atoms with Crippen molar-refractivity contribution in [1.29, 1.82) is 10.8 Å². The highest BCUT2D eigenvalue weighted by Crippen LogP contribution is 2.36. The maximum absolute atomic E-state index is 9.11. The zero-order chi connectivity index (χ0) is 49.3. The van der Waals surface area contributed by atoms with Gasteiger partial charge in [0.25, 0.3) is 0 Å². The van der Waals surface area contributed by atoms with Gasteiger partial charge in [-0.2, -0.15) is 0 Å². The molecule has 2 fully saturated rings. The van der Waals surface area contributed by atoms with Gasteiger partial charge >= 0.3 is 0 Å². The van der Waals surface area contributed by atoms with Crippen molar-refractivity contribution in [2.75, 3.05) is 132 Å². The van der Waals surface area contributed by atoms with E-state index < -0.39 is 0 Å². The zero-order valence-electron chi connectivity index (χ0n) is 42.5. The summed E-state index contributed by atoms with van der Waals surface area (Å²) < 4.78 is 56.3. The number of benzene rings is 2. The van der Waals surface area contributed by atoms with Crippen LogP contribution in [0.25, 0.3) is 0 Å². The first kappa shape index (κ1) is 57.7. The second-order valence-corrected chi connectivity index (χ2v) is 17.7. The predicted octanol–water partition coefficient (Wildman–Crippen LogP) is 6.02. The number of likely N-dealkylation sites (tertiary alicyclic amines) is 1. The Morgan fingerprint density at radius 1 is 0.739 bits per heavy atom. The molecule has 0 aromatic heterocycles. The summed E-state index contributed by atoms with van der Waals surface area (Å²) in [5.41, 5.74) is 7.90. The SMILES string of the molecule is CCCOCCOCCOCCOCCN/C=C(\N)COCCOCCOCCOCCOc1ccc(OC2CC(C(=N)N(C(C)=N)C(C)CC3CC(C)N3CCC(NC)c3ccccc3)C2)cc1. The van der Waals surface area contributed by atoms with Gasteiger partial charge in [0.15, 0.2) is 0 Å². The number of hydrogen-bond donors (Lipinski definition) is 5. The molecule has 0 amide bonds. The van der Waals surface area contributed by atoms with Crippen LogP contribution < -0.4 is 25.8 Å². The molecule has 69 heavy (non-hydrogen) atoms. The highest BCUT2D eigenvalue weighted by molar-refractivity contribution is 5.98. The molecular formula is C52H87N7O10. The van der Waals surface area contributed by atoms with Crippen LogP contribution in [0.3, 0.4) is 0 Å². The van der Waals surface area contributed by atoms with E-state index in [4.69, 9.17) is 63.9 Å². The van der Waals surface area contributed by atoms with Gasteiger partial charge in [0, 0.05) is 56.0 Å². The first-order valence-electron chi connectivity index (χ1n) is 25.3. The van der Waals surface area contributed by atoms with E-state index in [0.29, 0.717) is 148 Å². The summed E-state index contributed by atoms with van der Waals surface area (Å²) in [7, 11) is 2.04. The van der Waals surface area contributed by atoms with Gasteiger partial charge in [0.05, 0.1) is 111 Å². The van der Waals surface area contributed by atoms with Gasteiger partial charge in [-0.3, -0.25) is 15.7 Å². The van der Waals surface area contributed by atoms with Crippen LogP contribution >= 0.6 is 0 Å². The van der Waals surface area contributed by atoms with Gasteiger partial charge < -0.3 is 68.6 Å². The van der Waals surface area contributed by atoms with Gasteiger partial charge in [-0.1, -0.05) is 37.3 Å². The van der Waals surface area contributed by atoms with Crippen molar-refractivity contribution in [3.8, 4) is 11.5 Å². The van der Waals surface area contributed by atoms with E-state index in [1.54, 1.807) is 6.20 Å². The fourth-order valence-corrected chi connectivity index (χ4v) is 8.45. The average molecular weight is 970 g/mol. The third kappa shape index (κ3) is 23.3. The molecule has 17 heteroatoms. The standard InChI is InChI=1S/C52H87N7O10/c1-6-19-60-21-23-62-25-26-63-24-22-61-20-17-57-39-46(54)40-67-32-31-65-28-27-64-29-30-66-33-34-68-48-12-14-49(15-13-48)69-50-37-45(38-50)52(55)59(43(4)53)42(3)36-47-35-41(2)58(47)18-16-51(56-5)44-10-8-7-9-11-44/h7-15,39,41-42,45,47,50-51,53,55-57H,6,16-38,40,54H2,1-5H3/b46-39-,53-43?,55-52?. The topological polar surface area (TPSA) is 197 Å². The normalized spacial score (nSPS) is 19.1. The Kier molecular flexibility index (Phi) is 29.5. The van der Waals surface area contributed by atoms with E-state index in [0.717, 1.165) is 63.2 Å². The summed E-state index contributed by atoms with van der Waals surface area (Å²) in [6, 6.07) is 19.7. The van der Waals surface area contributed by atoms with Crippen LogP contribution in [0.1, 0.15) is 77.8 Å². The van der Waals surface area contributed by atoms with Crippen molar-refractivity contribution in [1.82, 2.24) is 20.4 Å². The molecular weight excluding hydrogens is 883 g/mol. The van der Waals surface area contributed by atoms with Crippen LogP contribution in [0.4, 0.5) is 0 Å². The third-order valence-electron chi connectivity index (χ3n) is 12.2. The first-order chi connectivity index (χ1) is 33.7. The number of hydrogen-bond acceptors (Lipinski definition) is 16. The lowest BCUT2D eigenvalue weighted by molar-refractivity contribution is -0.00278. The minimum Gasteiger partial charge on any atom is -0.491 e. The van der Waals surface area contributed by atoms with Crippen molar-refractivity contribution in [2.45, 2.75) is 96.5 Å². The number of nitrogens with two attached hydrogens (primary N) is 1. The van der Waals surface area contributed by atoms with Crippen LogP contribution in [0, 0.1) is 16.7 Å². The molecule has 2 aromatic rings. The Labute approximate surface area is 413 Å². The fraction of sp³-hybridized carbons (Fsp3) is 0.692. The quantitative estimate of drug-likeness (QED) is 0.0295. The third-order valence-corrected chi connectivity index (χ3v) is 12.2. The molecule has 17 nitrogen and oxygen atoms in total. The van der Waals surface area contributed by atoms with E-state index in [1.165, 1.54) is 5.56 Å². The average Bonchev–Trinajstić information content (AvgIpc) is 3.33. The van der Waals surface area contributed by atoms with E-state index >= 15 is 0 Å². The Morgan fingerprint density at radius 3 is 1.83 bits per heavy atom. The Morgan fingerprint density at radius 2 is 1.28 bits per heavy atom. The second kappa shape index (κ2) is 35.3. The highest BCUT2D eigenvalue weighted by Gasteiger charge is 2.40. The Bertz CT molecular complexity index is 1670. The molecule has 1 aliphatic carbocycles. The molecule has 6 N–H and O–H groups in total. The van der Waals surface area contributed by atoms with Gasteiger partial charge in [0.2, 0.25) is 0 Å². The van der Waals surface area contributed by atoms with Crippen LogP contribution in [0.2, 0.25) is 0 Å². The zero-order valence-corrected chi connectivity index (χ0v) is 42.5. The molecule has 1 saturated heterocycles. The van der Waals surface area contributed by atoms with Crippen LogP contribution in [0.5, 0.6) is 11.5 Å². The number of rotatable bonds is 41. The molecule has 0 spiro atoms. The highest BCUT2D eigenvalue weighted by atomic mass is 16.6. The maximum Gasteiger partial charge on any atom is 0.119 e. The Hall–Kier alpha value is -3.88. The minimum absolute atomic E-state index is 0.0447. The maximum atomic E-state index is 9.11. The molecule has 4 atom stereocenters. The molecule has 0 radical (unpaired) electrons. The number of nitrogens with zero attached hydrogens (tertiary/aromatic N) is 2. The van der Waals surface area contributed by atoms with Crippen LogP contribution in [0.15, 0.2) is 66.5 Å². The van der Waals surface area contributed by atoms with Gasteiger partial charge in [-0.05, 0) is 96.2 Å². The summed E-state index contributed by atoms with van der Waals surface area (Å²) in [5.74, 6) is 2.59. The molecule has 1 heterocycles. The van der Waals surface area contributed by atoms with Crippen molar-refractivity contribution in [3.63, 3.8) is 0 Å². The van der Waals surface area contributed by atoms with Crippen molar-refractivity contribution >= 4 is 11.7 Å². The van der Waals surface area contributed by atoms with Crippen molar-refractivity contribution in [2.24, 2.45) is 11.7 Å². The fourth-order valence-electron chi connectivity index (χ4n) is 8.45. The summed E-state index contributed by atoms with van der Waals surface area (Å²) in [4.78, 5) is 4.56. The first-order valence-corrected chi connectivity index (χ1v) is 25.3. The summed E-state index contributed by atoms with van der Waals surface area (Å²) in [6.45, 7) is 18.6. The smallest absolute Gasteiger partial charge is 0.119 e. The number of amidine groups is 2. The molecule has 390 valence electrons. The summed E-state index contributed by atoms with van der Waals surface area (Å²) in [6.07, 6.45) is 7.47. The van der Waals surface area contributed by atoms with Gasteiger partial charge in [-0.15, -0.1) is 0 Å². The monoisotopic (exact) mass is 970 g/mol. The lowest BCUT2D eigenvalue weighted by atomic mass is 9.80. The molecule has 4 rings (SSSR count). The molecule has 1 saturated carbocycles. The summed E-state index contributed by atoms with van der Waals surface area (Å²) >= 11 is 0. The molecule has 0 bridgehead atoms. The van der Waals surface area contributed by atoms with E-state index in [9.17, 15) is 0 Å². The van der Waals surface area contributed by atoms with Gasteiger partial charge in [-0.25, -0.2) is 0 Å². The summed E-state index contributed by atoms with van der Waals surface area (Å²) in [5, 5.41) is 24.3. The molecule has 4 unspecified atom stereocenters. The van der Waals surface area contributed by atoms with Crippen molar-refractivity contribution in [3.05, 3.63) is 72.1 Å². The molecule has 1 aliphatic heterocycles. The Balaban J connectivity index is 0.929. The van der Waals surface area contributed by atoms with Crippen molar-refractivity contribution < 1.29 is 47.4 Å². The molecule has 2 aromatic carbocycles. The number of nitrogens with one attached hydrogen (secondary N) is 4. The molecule has 2 aliphatic rings. The largest absolute Gasteiger partial charge is 0.491 e. The number of ether oxygens (including phenoxy) is 10. The lowest BCUT2D eigenvalue weighted by Gasteiger charge is -2.50. The lowest BCUT2D eigenvalue weighted by Crippen LogP contribution is -2.58. The van der Waals surface area contributed by atoms with E-state index in [2.05, 4.69) is 66.6 Å². The van der Waals surface area contributed by atoms with Gasteiger partial charge in [0.1, 0.15) is 30.0 Å². The van der Waals surface area contributed by atoms with E-state index in [-0.39, 0.29) is 18.1 Å². The minimum atomic E-state index is 0.0447. The second-order valence-electron chi connectivity index (χ2n) is 17.7. The van der Waals surface area contributed by atoms with Crippen LogP contribution in [-0.2, 0) is 37.9 Å². The van der Waals surface area contributed by atoms with Crippen LogP contribution in [-0.4, -0.2) is 178 Å². The predicted molar refractivity (Wildman–Crippen MR) is 271 cm³/mol. The van der Waals surface area contributed by atoms with E-state index in [1.807, 2.05) is 43.1 Å².